The lowest BCUT2D eigenvalue weighted by atomic mass is 9.77. The van der Waals surface area contributed by atoms with Crippen LogP contribution in [0.1, 0.15) is 75.8 Å². The molecule has 0 aromatic heterocycles. The molecule has 3 rings (SSSR count). The molecule has 1 aliphatic carbocycles. The first-order valence-electron chi connectivity index (χ1n) is 11.2. The molecule has 0 N–H and O–H groups in total. The fraction of sp³-hybridized carbons (Fsp3) is 0.481. The molecule has 1 nitrogen and oxygen atoms in total. The highest BCUT2D eigenvalue weighted by molar-refractivity contribution is 5.64. The molecule has 28 heavy (non-hydrogen) atoms. The monoisotopic (exact) mass is 376 g/mol. The Morgan fingerprint density at radius 1 is 0.821 bits per heavy atom. The minimum Gasteiger partial charge on any atom is -0.377 e. The van der Waals surface area contributed by atoms with Crippen LogP contribution < -0.4 is 0 Å². The van der Waals surface area contributed by atoms with E-state index in [1.165, 1.54) is 54.4 Å². The summed E-state index contributed by atoms with van der Waals surface area (Å²) in [5, 5.41) is 0. The van der Waals surface area contributed by atoms with E-state index >= 15 is 0 Å². The summed E-state index contributed by atoms with van der Waals surface area (Å²) in [5.74, 6) is 1.65. The molecule has 1 aliphatic rings. The molecular formula is C27H36O. The van der Waals surface area contributed by atoms with Crippen molar-refractivity contribution in [2.45, 2.75) is 71.3 Å². The van der Waals surface area contributed by atoms with Crippen molar-refractivity contribution in [2.75, 3.05) is 6.61 Å². The summed E-state index contributed by atoms with van der Waals surface area (Å²) in [6.45, 7) is 5.90. The smallest absolute Gasteiger partial charge is 0.0716 e. The van der Waals surface area contributed by atoms with Gasteiger partial charge in [0.05, 0.1) is 6.61 Å². The zero-order chi connectivity index (χ0) is 19.6. The van der Waals surface area contributed by atoms with Gasteiger partial charge in [-0.05, 0) is 79.0 Å². The van der Waals surface area contributed by atoms with E-state index in [1.54, 1.807) is 0 Å². The number of hydrogen-bond donors (Lipinski definition) is 0. The lowest BCUT2D eigenvalue weighted by Gasteiger charge is -2.28. The minimum absolute atomic E-state index is 0.712. The fourth-order valence-electron chi connectivity index (χ4n) is 4.26. The number of allylic oxidation sites excluding steroid dienone is 2. The maximum absolute atomic E-state index is 5.63. The summed E-state index contributed by atoms with van der Waals surface area (Å²) in [7, 11) is 0. The molecule has 0 unspecified atom stereocenters. The number of benzene rings is 2. The molecule has 150 valence electrons. The largest absolute Gasteiger partial charge is 0.377 e. The zero-order valence-corrected chi connectivity index (χ0v) is 17.7. The molecular weight excluding hydrogens is 340 g/mol. The van der Waals surface area contributed by atoms with Gasteiger partial charge >= 0.3 is 0 Å². The second kappa shape index (κ2) is 11.2. The Kier molecular flexibility index (Phi) is 8.36. The lowest BCUT2D eigenvalue weighted by molar-refractivity contribution is 0.121. The summed E-state index contributed by atoms with van der Waals surface area (Å²) in [6, 6.07) is 18.1. The highest BCUT2D eigenvalue weighted by Crippen LogP contribution is 2.37. The zero-order valence-electron chi connectivity index (χ0n) is 17.7. The molecule has 1 saturated carbocycles. The molecule has 0 atom stereocenters. The van der Waals surface area contributed by atoms with Crippen molar-refractivity contribution in [3.63, 3.8) is 0 Å². The summed E-state index contributed by atoms with van der Waals surface area (Å²) in [6.07, 6.45) is 13.7. The van der Waals surface area contributed by atoms with Crippen molar-refractivity contribution in [1.29, 1.82) is 0 Å². The van der Waals surface area contributed by atoms with E-state index in [1.807, 2.05) is 0 Å². The summed E-state index contributed by atoms with van der Waals surface area (Å²) in [4.78, 5) is 0. The van der Waals surface area contributed by atoms with Gasteiger partial charge in [-0.15, -0.1) is 0 Å². The van der Waals surface area contributed by atoms with Crippen LogP contribution in [0.4, 0.5) is 0 Å². The molecule has 0 amide bonds. The Bertz CT molecular complexity index is 703. The van der Waals surface area contributed by atoms with Crippen molar-refractivity contribution in [3.05, 3.63) is 71.8 Å². The molecule has 0 saturated heterocycles. The third kappa shape index (κ3) is 6.07. The molecule has 2 aromatic carbocycles. The highest BCUT2D eigenvalue weighted by Gasteiger charge is 2.21. The Morgan fingerprint density at radius 3 is 2.07 bits per heavy atom. The van der Waals surface area contributed by atoms with Crippen LogP contribution in [0, 0.1) is 5.92 Å². The Hall–Kier alpha value is -1.86. The minimum atomic E-state index is 0.712. The van der Waals surface area contributed by atoms with Crippen LogP contribution in [0.2, 0.25) is 0 Å². The van der Waals surface area contributed by atoms with Crippen LogP contribution in [0.3, 0.4) is 0 Å². The van der Waals surface area contributed by atoms with Gasteiger partial charge in [-0.2, -0.15) is 0 Å². The molecule has 1 heteroatoms. The summed E-state index contributed by atoms with van der Waals surface area (Å²) in [5.41, 5.74) is 5.37. The van der Waals surface area contributed by atoms with E-state index < -0.39 is 0 Å². The Balaban J connectivity index is 1.53. The van der Waals surface area contributed by atoms with Crippen molar-refractivity contribution < 1.29 is 4.74 Å². The highest BCUT2D eigenvalue weighted by atomic mass is 16.5. The van der Waals surface area contributed by atoms with E-state index in [-0.39, 0.29) is 0 Å². The second-order valence-corrected chi connectivity index (χ2v) is 8.20. The number of hydrogen-bond acceptors (Lipinski definition) is 1. The van der Waals surface area contributed by atoms with Crippen LogP contribution in [0.15, 0.2) is 60.7 Å². The van der Waals surface area contributed by atoms with Gasteiger partial charge in [0.1, 0.15) is 0 Å². The third-order valence-electron chi connectivity index (χ3n) is 6.01. The maximum atomic E-state index is 5.63. The predicted octanol–water partition coefficient (Wildman–Crippen LogP) is 7.91. The maximum Gasteiger partial charge on any atom is 0.0716 e. The van der Waals surface area contributed by atoms with Gasteiger partial charge in [0, 0.05) is 6.61 Å². The van der Waals surface area contributed by atoms with E-state index in [0.29, 0.717) is 6.61 Å². The van der Waals surface area contributed by atoms with Gasteiger partial charge in [0.2, 0.25) is 0 Å². The van der Waals surface area contributed by atoms with Crippen molar-refractivity contribution >= 4 is 0 Å². The van der Waals surface area contributed by atoms with Gasteiger partial charge in [-0.1, -0.05) is 74.5 Å². The molecule has 1 fully saturated rings. The first kappa shape index (κ1) is 20.9. The second-order valence-electron chi connectivity index (χ2n) is 8.20. The van der Waals surface area contributed by atoms with Crippen LogP contribution >= 0.6 is 0 Å². The average molecular weight is 377 g/mol. The Labute approximate surface area is 171 Å². The first-order valence-corrected chi connectivity index (χ1v) is 11.2. The van der Waals surface area contributed by atoms with Crippen molar-refractivity contribution in [1.82, 2.24) is 0 Å². The lowest BCUT2D eigenvalue weighted by Crippen LogP contribution is -2.12. The standard InChI is InChI=1S/C27H36O/c1-3-5-6-7-22-8-12-24(13-9-22)26-16-18-27(19-17-26)25-14-10-23(11-15-25)21-28-20-4-2/h5-6,10-11,14-19,22,24H,3-4,7-9,12-13,20-21H2,1-2H3/t22-,24-. The normalized spacial score (nSPS) is 19.9. The van der Waals surface area contributed by atoms with E-state index in [0.717, 1.165) is 31.3 Å². The number of rotatable bonds is 9. The SMILES string of the molecule is CCC=CC[C@H]1CC[C@H](c2ccc(-c3ccc(COCCC)cc3)cc2)CC1. The van der Waals surface area contributed by atoms with Gasteiger partial charge in [0.25, 0.3) is 0 Å². The predicted molar refractivity (Wildman–Crippen MR) is 121 cm³/mol. The van der Waals surface area contributed by atoms with Crippen LogP contribution in [-0.2, 0) is 11.3 Å². The van der Waals surface area contributed by atoms with Crippen LogP contribution in [0.5, 0.6) is 0 Å². The third-order valence-corrected chi connectivity index (χ3v) is 6.01. The topological polar surface area (TPSA) is 9.23 Å². The van der Waals surface area contributed by atoms with E-state index in [2.05, 4.69) is 74.5 Å². The number of ether oxygens (including phenoxy) is 1. The van der Waals surface area contributed by atoms with E-state index in [4.69, 9.17) is 4.74 Å². The Morgan fingerprint density at radius 2 is 1.46 bits per heavy atom. The van der Waals surface area contributed by atoms with Gasteiger partial charge in [-0.3, -0.25) is 0 Å². The van der Waals surface area contributed by atoms with Crippen molar-refractivity contribution in [2.24, 2.45) is 5.92 Å². The van der Waals surface area contributed by atoms with Crippen molar-refractivity contribution in [3.8, 4) is 11.1 Å². The van der Waals surface area contributed by atoms with Crippen LogP contribution in [0.25, 0.3) is 11.1 Å². The molecule has 0 heterocycles. The molecule has 0 aliphatic heterocycles. The molecule has 2 aromatic rings. The van der Waals surface area contributed by atoms with Gasteiger partial charge in [-0.25, -0.2) is 0 Å². The van der Waals surface area contributed by atoms with E-state index in [9.17, 15) is 0 Å². The van der Waals surface area contributed by atoms with Crippen LogP contribution in [-0.4, -0.2) is 6.61 Å². The average Bonchev–Trinajstić information content (AvgIpc) is 2.75. The molecule has 0 bridgehead atoms. The molecule has 0 radical (unpaired) electrons. The first-order chi connectivity index (χ1) is 13.8. The molecule has 0 spiro atoms. The van der Waals surface area contributed by atoms with Gasteiger partial charge < -0.3 is 4.74 Å². The van der Waals surface area contributed by atoms with Gasteiger partial charge in [0.15, 0.2) is 0 Å². The quantitative estimate of drug-likeness (QED) is 0.319. The fourth-order valence-corrected chi connectivity index (χ4v) is 4.26. The summed E-state index contributed by atoms with van der Waals surface area (Å²) >= 11 is 0. The summed E-state index contributed by atoms with van der Waals surface area (Å²) < 4.78 is 5.63.